The molecule has 1 aromatic heterocycles. The van der Waals surface area contributed by atoms with Crippen LogP contribution in [0.2, 0.25) is 5.15 Å². The van der Waals surface area contributed by atoms with Gasteiger partial charge in [-0.3, -0.25) is 0 Å². The van der Waals surface area contributed by atoms with E-state index in [1.54, 1.807) is 0 Å². The van der Waals surface area contributed by atoms with Gasteiger partial charge in [-0.05, 0) is 36.2 Å². The predicted octanol–water partition coefficient (Wildman–Crippen LogP) is 3.84. The second kappa shape index (κ2) is 5.66. The molecule has 0 spiro atoms. The Morgan fingerprint density at radius 3 is 2.44 bits per heavy atom. The highest BCUT2D eigenvalue weighted by molar-refractivity contribution is 6.29. The van der Waals surface area contributed by atoms with Crippen LogP contribution in [0, 0.1) is 17.8 Å². The van der Waals surface area contributed by atoms with Crippen LogP contribution in [0.4, 0.5) is 4.39 Å². The lowest BCUT2D eigenvalue weighted by atomic mass is 10.1. The number of aryl methyl sites for hydroxylation is 1. The molecule has 3 heteroatoms. The summed E-state index contributed by atoms with van der Waals surface area (Å²) >= 11 is 5.57. The van der Waals surface area contributed by atoms with Gasteiger partial charge in [0.2, 0.25) is 5.95 Å². The van der Waals surface area contributed by atoms with E-state index < -0.39 is 5.95 Å². The molecule has 2 rings (SSSR count). The van der Waals surface area contributed by atoms with Crippen LogP contribution >= 0.6 is 11.6 Å². The minimum atomic E-state index is -0.639. The van der Waals surface area contributed by atoms with Gasteiger partial charge in [0, 0.05) is 5.56 Å². The summed E-state index contributed by atoms with van der Waals surface area (Å²) in [6.45, 7) is 2.09. The summed E-state index contributed by atoms with van der Waals surface area (Å²) < 4.78 is 13.4. The van der Waals surface area contributed by atoms with Crippen molar-refractivity contribution in [3.63, 3.8) is 0 Å². The summed E-state index contributed by atoms with van der Waals surface area (Å²) in [6, 6.07) is 10.9. The molecule has 0 saturated carbocycles. The Morgan fingerprint density at radius 2 is 1.83 bits per heavy atom. The number of hydrogen-bond donors (Lipinski definition) is 0. The summed E-state index contributed by atoms with van der Waals surface area (Å²) in [4.78, 5) is 3.51. The summed E-state index contributed by atoms with van der Waals surface area (Å²) in [6.07, 6.45) is 0.990. The maximum atomic E-state index is 13.4. The van der Waals surface area contributed by atoms with E-state index in [4.69, 9.17) is 11.6 Å². The summed E-state index contributed by atoms with van der Waals surface area (Å²) in [5.41, 5.74) is 2.35. The minimum Gasteiger partial charge on any atom is -0.207 e. The monoisotopic (exact) mass is 259 g/mol. The van der Waals surface area contributed by atoms with Crippen LogP contribution in [0.1, 0.15) is 23.6 Å². The number of halogens is 2. The van der Waals surface area contributed by atoms with Crippen LogP contribution in [0.25, 0.3) is 0 Å². The van der Waals surface area contributed by atoms with Gasteiger partial charge in [0.25, 0.3) is 0 Å². The summed E-state index contributed by atoms with van der Waals surface area (Å²) in [5, 5.41) is 0.130. The Hall–Kier alpha value is -1.85. The Kier molecular flexibility index (Phi) is 3.96. The van der Waals surface area contributed by atoms with Crippen LogP contribution in [0.5, 0.6) is 0 Å². The molecular weight excluding hydrogens is 249 g/mol. The smallest absolute Gasteiger partial charge is 0.207 e. The number of rotatable bonds is 1. The maximum absolute atomic E-state index is 13.4. The average Bonchev–Trinajstić information content (AvgIpc) is 2.38. The van der Waals surface area contributed by atoms with Gasteiger partial charge in [0.05, 0.1) is 5.56 Å². The van der Waals surface area contributed by atoms with Gasteiger partial charge >= 0.3 is 0 Å². The normalized spacial score (nSPS) is 9.72. The molecule has 0 atom stereocenters. The standard InChI is InChI=1S/C15H11ClFN/c1-2-11-3-5-12(6-4-11)7-8-13-9-10-14(16)18-15(13)17/h3-6,9-10H,2H2,1H3. The third kappa shape index (κ3) is 3.09. The van der Waals surface area contributed by atoms with Gasteiger partial charge in [-0.2, -0.15) is 4.39 Å². The van der Waals surface area contributed by atoms with E-state index in [0.29, 0.717) is 0 Å². The van der Waals surface area contributed by atoms with Gasteiger partial charge < -0.3 is 0 Å². The molecular formula is C15H11ClFN. The molecule has 0 amide bonds. The Balaban J connectivity index is 2.25. The van der Waals surface area contributed by atoms with Gasteiger partial charge in [-0.1, -0.05) is 42.5 Å². The quantitative estimate of drug-likeness (QED) is 0.560. The Labute approximate surface area is 111 Å². The number of nitrogens with zero attached hydrogens (tertiary/aromatic N) is 1. The topological polar surface area (TPSA) is 12.9 Å². The minimum absolute atomic E-state index is 0.130. The van der Waals surface area contributed by atoms with Crippen molar-refractivity contribution >= 4 is 11.6 Å². The SMILES string of the molecule is CCc1ccc(C#Cc2ccc(Cl)nc2F)cc1. The second-order valence-electron chi connectivity index (χ2n) is 3.77. The molecule has 1 aromatic carbocycles. The Morgan fingerprint density at radius 1 is 1.11 bits per heavy atom. The molecule has 0 aliphatic carbocycles. The zero-order valence-electron chi connectivity index (χ0n) is 9.87. The van der Waals surface area contributed by atoms with Crippen molar-refractivity contribution in [3.05, 3.63) is 64.2 Å². The zero-order chi connectivity index (χ0) is 13.0. The van der Waals surface area contributed by atoms with E-state index in [9.17, 15) is 4.39 Å². The fourth-order valence-electron chi connectivity index (χ4n) is 1.47. The molecule has 0 radical (unpaired) electrons. The van der Waals surface area contributed by atoms with E-state index in [1.165, 1.54) is 17.7 Å². The molecule has 18 heavy (non-hydrogen) atoms. The lowest BCUT2D eigenvalue weighted by Crippen LogP contribution is -1.88. The van der Waals surface area contributed by atoms with E-state index >= 15 is 0 Å². The third-order valence-corrected chi connectivity index (χ3v) is 2.73. The first-order valence-corrected chi connectivity index (χ1v) is 6.00. The second-order valence-corrected chi connectivity index (χ2v) is 4.16. The van der Waals surface area contributed by atoms with E-state index in [-0.39, 0.29) is 10.7 Å². The van der Waals surface area contributed by atoms with Crippen LogP contribution in [0.3, 0.4) is 0 Å². The highest BCUT2D eigenvalue weighted by atomic mass is 35.5. The largest absolute Gasteiger partial charge is 0.230 e. The molecule has 2 aromatic rings. The van der Waals surface area contributed by atoms with Gasteiger partial charge in [-0.25, -0.2) is 4.98 Å². The van der Waals surface area contributed by atoms with E-state index in [1.807, 2.05) is 24.3 Å². The predicted molar refractivity (Wildman–Crippen MR) is 71.0 cm³/mol. The van der Waals surface area contributed by atoms with Crippen LogP contribution in [-0.2, 0) is 6.42 Å². The zero-order valence-corrected chi connectivity index (χ0v) is 10.6. The van der Waals surface area contributed by atoms with Crippen LogP contribution in [-0.4, -0.2) is 4.98 Å². The van der Waals surface area contributed by atoms with Crippen molar-refractivity contribution in [2.75, 3.05) is 0 Å². The molecule has 0 fully saturated rings. The molecule has 0 unspecified atom stereocenters. The number of hydrogen-bond acceptors (Lipinski definition) is 1. The summed E-state index contributed by atoms with van der Waals surface area (Å²) in [7, 11) is 0. The van der Waals surface area contributed by atoms with Crippen molar-refractivity contribution in [1.82, 2.24) is 4.98 Å². The highest BCUT2D eigenvalue weighted by Crippen LogP contribution is 2.09. The first-order chi connectivity index (χ1) is 8.69. The van der Waals surface area contributed by atoms with Crippen molar-refractivity contribution < 1.29 is 4.39 Å². The molecule has 0 aliphatic heterocycles. The van der Waals surface area contributed by atoms with Gasteiger partial charge in [-0.15, -0.1) is 0 Å². The highest BCUT2D eigenvalue weighted by Gasteiger charge is 2.00. The molecule has 0 bridgehead atoms. The van der Waals surface area contributed by atoms with Crippen LogP contribution in [0.15, 0.2) is 36.4 Å². The fourth-order valence-corrected chi connectivity index (χ4v) is 1.61. The van der Waals surface area contributed by atoms with Crippen molar-refractivity contribution in [2.24, 2.45) is 0 Å². The fraction of sp³-hybridized carbons (Fsp3) is 0.133. The lowest BCUT2D eigenvalue weighted by Gasteiger charge is -1.96. The number of benzene rings is 1. The van der Waals surface area contributed by atoms with E-state index in [2.05, 4.69) is 23.7 Å². The first kappa shape index (κ1) is 12.6. The molecule has 0 saturated heterocycles. The average molecular weight is 260 g/mol. The molecule has 1 nitrogen and oxygen atoms in total. The molecule has 0 N–H and O–H groups in total. The van der Waals surface area contributed by atoms with E-state index in [0.717, 1.165) is 12.0 Å². The number of aromatic nitrogens is 1. The molecule has 90 valence electrons. The molecule has 0 aliphatic rings. The van der Waals surface area contributed by atoms with Gasteiger partial charge in [0.15, 0.2) is 0 Å². The lowest BCUT2D eigenvalue weighted by molar-refractivity contribution is 0.580. The first-order valence-electron chi connectivity index (χ1n) is 5.62. The maximum Gasteiger partial charge on any atom is 0.230 e. The number of pyridine rings is 1. The van der Waals surface area contributed by atoms with Gasteiger partial charge in [0.1, 0.15) is 5.15 Å². The van der Waals surface area contributed by atoms with Crippen molar-refractivity contribution in [3.8, 4) is 11.8 Å². The molecule has 1 heterocycles. The third-order valence-electron chi connectivity index (χ3n) is 2.52. The Bertz CT molecular complexity index is 609. The van der Waals surface area contributed by atoms with Crippen LogP contribution < -0.4 is 0 Å². The van der Waals surface area contributed by atoms with Crippen molar-refractivity contribution in [1.29, 1.82) is 0 Å². The summed E-state index contributed by atoms with van der Waals surface area (Å²) in [5.74, 6) is 5.01. The van der Waals surface area contributed by atoms with Crippen molar-refractivity contribution in [2.45, 2.75) is 13.3 Å².